The van der Waals surface area contributed by atoms with E-state index in [1.54, 1.807) is 0 Å². The van der Waals surface area contributed by atoms with Crippen LogP contribution in [0.25, 0.3) is 11.0 Å². The second-order valence-electron chi connectivity index (χ2n) is 4.09. The van der Waals surface area contributed by atoms with E-state index < -0.39 is 0 Å². The fourth-order valence-corrected chi connectivity index (χ4v) is 2.25. The van der Waals surface area contributed by atoms with E-state index >= 15 is 0 Å². The van der Waals surface area contributed by atoms with E-state index in [1.165, 1.54) is 0 Å². The summed E-state index contributed by atoms with van der Waals surface area (Å²) in [5.74, 6) is 1.05. The Labute approximate surface area is 93.3 Å². The first-order chi connectivity index (χ1) is 7.79. The van der Waals surface area contributed by atoms with Crippen molar-refractivity contribution in [3.05, 3.63) is 24.0 Å². The van der Waals surface area contributed by atoms with Crippen molar-refractivity contribution in [1.29, 1.82) is 0 Å². The molecule has 1 aromatic heterocycles. The van der Waals surface area contributed by atoms with Crippen molar-refractivity contribution in [3.8, 4) is 0 Å². The van der Waals surface area contributed by atoms with E-state index in [0.29, 0.717) is 6.54 Å². The number of hydrogen-bond donors (Lipinski definition) is 1. The van der Waals surface area contributed by atoms with Crippen LogP contribution in [0.15, 0.2) is 18.2 Å². The Balaban J connectivity index is 2.29. The molecule has 1 aliphatic rings. The zero-order valence-electron chi connectivity index (χ0n) is 9.16. The van der Waals surface area contributed by atoms with Crippen LogP contribution in [0.4, 0.5) is 5.69 Å². The molecule has 4 nitrogen and oxygen atoms in total. The number of carbonyl (C=O) groups is 1. The van der Waals surface area contributed by atoms with Crippen LogP contribution in [0.5, 0.6) is 0 Å². The average Bonchev–Trinajstić information content (AvgIpc) is 2.59. The van der Waals surface area contributed by atoms with Gasteiger partial charge in [-0.3, -0.25) is 4.79 Å². The zero-order valence-corrected chi connectivity index (χ0v) is 9.16. The maximum Gasteiger partial charge on any atom is 0.244 e. The van der Waals surface area contributed by atoms with Gasteiger partial charge in [-0.2, -0.15) is 0 Å². The number of anilines is 1. The third-order valence-corrected chi connectivity index (χ3v) is 2.90. The molecule has 16 heavy (non-hydrogen) atoms. The van der Waals surface area contributed by atoms with Gasteiger partial charge in [-0.05, 0) is 18.6 Å². The lowest BCUT2D eigenvalue weighted by Crippen LogP contribution is -2.24. The number of para-hydroxylation sites is 1. The molecule has 0 bridgehead atoms. The molecule has 0 spiro atoms. The molecule has 0 radical (unpaired) electrons. The van der Waals surface area contributed by atoms with Crippen LogP contribution in [-0.4, -0.2) is 15.5 Å². The van der Waals surface area contributed by atoms with Crippen LogP contribution < -0.4 is 5.32 Å². The number of aryl methyl sites for hydroxylation is 1. The van der Waals surface area contributed by atoms with Gasteiger partial charge in [0.15, 0.2) is 0 Å². The lowest BCUT2D eigenvalue weighted by Gasteiger charge is -2.16. The number of amides is 1. The van der Waals surface area contributed by atoms with Crippen LogP contribution >= 0.6 is 0 Å². The van der Waals surface area contributed by atoms with Crippen molar-refractivity contribution in [1.82, 2.24) is 9.55 Å². The maximum atomic E-state index is 11.6. The minimum Gasteiger partial charge on any atom is -0.323 e. The SMILES string of the molecule is CCCc1nc2cccc3c2n1CC(=O)N3. The van der Waals surface area contributed by atoms with Gasteiger partial charge in [0.25, 0.3) is 0 Å². The minimum atomic E-state index is 0.0374. The fourth-order valence-electron chi connectivity index (χ4n) is 2.25. The molecule has 4 heteroatoms. The van der Waals surface area contributed by atoms with Crippen molar-refractivity contribution in [3.63, 3.8) is 0 Å². The number of benzene rings is 1. The molecule has 0 fully saturated rings. The standard InChI is InChI=1S/C12H13N3O/c1-2-4-10-13-8-5-3-6-9-12(8)15(10)7-11(16)14-9/h3,5-6H,2,4,7H2,1H3,(H,14,16). The van der Waals surface area contributed by atoms with Gasteiger partial charge in [-0.15, -0.1) is 0 Å². The molecule has 2 aromatic rings. The predicted molar refractivity (Wildman–Crippen MR) is 62.4 cm³/mol. The maximum absolute atomic E-state index is 11.6. The second kappa shape index (κ2) is 3.33. The van der Waals surface area contributed by atoms with Crippen molar-refractivity contribution in [2.24, 2.45) is 0 Å². The van der Waals surface area contributed by atoms with Crippen LogP contribution in [0.3, 0.4) is 0 Å². The van der Waals surface area contributed by atoms with Crippen molar-refractivity contribution in [2.75, 3.05) is 5.32 Å². The number of nitrogens with one attached hydrogen (secondary N) is 1. The van der Waals surface area contributed by atoms with E-state index in [9.17, 15) is 4.79 Å². The molecule has 0 unspecified atom stereocenters. The van der Waals surface area contributed by atoms with Crippen LogP contribution in [0, 0.1) is 0 Å². The van der Waals surface area contributed by atoms with Crippen LogP contribution in [0.1, 0.15) is 19.2 Å². The Morgan fingerprint density at radius 2 is 2.38 bits per heavy atom. The van der Waals surface area contributed by atoms with Crippen molar-refractivity contribution < 1.29 is 4.79 Å². The van der Waals surface area contributed by atoms with E-state index in [4.69, 9.17) is 0 Å². The normalized spacial score (nSPS) is 14.2. The smallest absolute Gasteiger partial charge is 0.244 e. The lowest BCUT2D eigenvalue weighted by molar-refractivity contribution is -0.116. The zero-order chi connectivity index (χ0) is 11.1. The van der Waals surface area contributed by atoms with Gasteiger partial charge < -0.3 is 9.88 Å². The molecule has 2 heterocycles. The van der Waals surface area contributed by atoms with Gasteiger partial charge in [0, 0.05) is 6.42 Å². The molecule has 1 aliphatic heterocycles. The Bertz CT molecular complexity index is 571. The first-order valence-corrected chi connectivity index (χ1v) is 5.57. The van der Waals surface area contributed by atoms with Gasteiger partial charge in [0.1, 0.15) is 12.4 Å². The summed E-state index contributed by atoms with van der Waals surface area (Å²) in [5, 5.41) is 2.88. The van der Waals surface area contributed by atoms with Crippen LogP contribution in [0.2, 0.25) is 0 Å². The number of imidazole rings is 1. The Morgan fingerprint density at radius 3 is 3.19 bits per heavy atom. The predicted octanol–water partition coefficient (Wildman–Crippen LogP) is 1.94. The fraction of sp³-hybridized carbons (Fsp3) is 0.333. The highest BCUT2D eigenvalue weighted by Crippen LogP contribution is 2.28. The Kier molecular flexibility index (Phi) is 1.96. The summed E-state index contributed by atoms with van der Waals surface area (Å²) >= 11 is 0. The molecule has 3 rings (SSSR count). The van der Waals surface area contributed by atoms with Crippen molar-refractivity contribution in [2.45, 2.75) is 26.3 Å². The van der Waals surface area contributed by atoms with Crippen LogP contribution in [-0.2, 0) is 17.8 Å². The largest absolute Gasteiger partial charge is 0.323 e. The number of rotatable bonds is 2. The van der Waals surface area contributed by atoms with Gasteiger partial charge in [0.05, 0.1) is 16.7 Å². The summed E-state index contributed by atoms with van der Waals surface area (Å²) < 4.78 is 2.03. The van der Waals surface area contributed by atoms with Gasteiger partial charge in [0.2, 0.25) is 5.91 Å². The second-order valence-corrected chi connectivity index (χ2v) is 4.09. The molecule has 82 valence electrons. The molecule has 0 atom stereocenters. The molecule has 0 saturated heterocycles. The Morgan fingerprint density at radius 1 is 1.50 bits per heavy atom. The Hall–Kier alpha value is -1.84. The van der Waals surface area contributed by atoms with E-state index in [-0.39, 0.29) is 5.91 Å². The molecule has 1 aromatic carbocycles. The van der Waals surface area contributed by atoms with E-state index in [1.807, 2.05) is 22.8 Å². The molecular weight excluding hydrogens is 202 g/mol. The highest BCUT2D eigenvalue weighted by Gasteiger charge is 2.20. The molecule has 0 saturated carbocycles. The molecule has 0 aliphatic carbocycles. The van der Waals surface area contributed by atoms with Gasteiger partial charge in [-0.25, -0.2) is 4.98 Å². The summed E-state index contributed by atoms with van der Waals surface area (Å²) in [6.45, 7) is 2.51. The first-order valence-electron chi connectivity index (χ1n) is 5.57. The number of carbonyl (C=O) groups excluding carboxylic acids is 1. The van der Waals surface area contributed by atoms with E-state index in [2.05, 4.69) is 17.2 Å². The number of nitrogens with zero attached hydrogens (tertiary/aromatic N) is 2. The van der Waals surface area contributed by atoms with Crippen molar-refractivity contribution >= 4 is 22.6 Å². The summed E-state index contributed by atoms with van der Waals surface area (Å²) in [5.41, 5.74) is 2.91. The highest BCUT2D eigenvalue weighted by molar-refractivity contribution is 6.03. The highest BCUT2D eigenvalue weighted by atomic mass is 16.2. The lowest BCUT2D eigenvalue weighted by atomic mass is 10.2. The number of hydrogen-bond acceptors (Lipinski definition) is 2. The summed E-state index contributed by atoms with van der Waals surface area (Å²) in [7, 11) is 0. The summed E-state index contributed by atoms with van der Waals surface area (Å²) in [6, 6.07) is 5.84. The topological polar surface area (TPSA) is 46.9 Å². The van der Waals surface area contributed by atoms with Gasteiger partial charge >= 0.3 is 0 Å². The molecular formula is C12H13N3O. The minimum absolute atomic E-state index is 0.0374. The summed E-state index contributed by atoms with van der Waals surface area (Å²) in [6.07, 6.45) is 1.96. The van der Waals surface area contributed by atoms with Gasteiger partial charge in [-0.1, -0.05) is 13.0 Å². The third-order valence-electron chi connectivity index (χ3n) is 2.90. The number of aromatic nitrogens is 2. The summed E-state index contributed by atoms with van der Waals surface area (Å²) in [4.78, 5) is 16.1. The molecule has 1 amide bonds. The monoisotopic (exact) mass is 215 g/mol. The van der Waals surface area contributed by atoms with E-state index in [0.717, 1.165) is 35.4 Å². The molecule has 1 N–H and O–H groups in total. The average molecular weight is 215 g/mol. The quantitative estimate of drug-likeness (QED) is 0.832. The first kappa shape index (κ1) is 9.39. The third kappa shape index (κ3) is 1.23.